The summed E-state index contributed by atoms with van der Waals surface area (Å²) in [5, 5.41) is 24.8. The van der Waals surface area contributed by atoms with E-state index in [1.165, 1.54) is 41.3 Å². The van der Waals surface area contributed by atoms with E-state index in [2.05, 4.69) is 20.1 Å². The molecule has 0 saturated carbocycles. The Kier molecular flexibility index (Phi) is 6.52. The first-order valence-corrected chi connectivity index (χ1v) is 10.9. The molecule has 0 fully saturated rings. The molecule has 2 unspecified atom stereocenters. The molecular formula is C20H20FN7O3S. The molecule has 1 aromatic carbocycles. The van der Waals surface area contributed by atoms with Crippen molar-refractivity contribution >= 4 is 21.6 Å². The molecule has 0 saturated heterocycles. The Labute approximate surface area is 183 Å². The minimum Gasteiger partial charge on any atom is -0.391 e. The average Bonchev–Trinajstić information content (AvgIpc) is 3.18. The summed E-state index contributed by atoms with van der Waals surface area (Å²) in [6.45, 7) is 3.26. The zero-order valence-corrected chi connectivity index (χ0v) is 18.0. The third-order valence-corrected chi connectivity index (χ3v) is 5.60. The van der Waals surface area contributed by atoms with Crippen LogP contribution in [-0.4, -0.2) is 36.2 Å². The zero-order valence-electron chi connectivity index (χ0n) is 17.2. The predicted molar refractivity (Wildman–Crippen MR) is 114 cm³/mol. The Morgan fingerprint density at radius 3 is 2.84 bits per heavy atom. The fraction of sp³-hybridized carbons (Fsp3) is 0.200. The van der Waals surface area contributed by atoms with Gasteiger partial charge >= 0.3 is 6.03 Å². The van der Waals surface area contributed by atoms with Gasteiger partial charge in [0.25, 0.3) is 0 Å². The Morgan fingerprint density at radius 2 is 2.16 bits per heavy atom. The smallest absolute Gasteiger partial charge is 0.332 e. The fourth-order valence-corrected chi connectivity index (χ4v) is 3.88. The summed E-state index contributed by atoms with van der Waals surface area (Å²) in [7, 11) is -3.81. The number of aromatic nitrogens is 3. The van der Waals surface area contributed by atoms with Crippen molar-refractivity contribution in [1.29, 1.82) is 10.0 Å². The van der Waals surface area contributed by atoms with Gasteiger partial charge in [-0.05, 0) is 55.3 Å². The Morgan fingerprint density at radius 1 is 1.41 bits per heavy atom. The number of nitriles is 1. The molecule has 0 aliphatic carbocycles. The van der Waals surface area contributed by atoms with E-state index in [-0.39, 0.29) is 28.5 Å². The van der Waals surface area contributed by atoms with Crippen LogP contribution < -0.4 is 10.0 Å². The maximum atomic E-state index is 14.1. The van der Waals surface area contributed by atoms with Gasteiger partial charge in [-0.15, -0.1) is 0 Å². The van der Waals surface area contributed by atoms with Crippen molar-refractivity contribution < 1.29 is 18.5 Å². The van der Waals surface area contributed by atoms with Gasteiger partial charge in [0.1, 0.15) is 17.6 Å². The van der Waals surface area contributed by atoms with Gasteiger partial charge in [-0.25, -0.2) is 27.9 Å². The molecule has 0 bridgehead atoms. The molecule has 12 heteroatoms. The standard InChI is InChI=1S/C20H20FN7O3S/c1-12-7-15(21)9-17(14-3-5-24-16(8-14)10-22)19(12)25-20(30)27-32(23,31)18-4-6-28(26-18)11-13(2)29/h3-9,13,29H,11H2,1-2H3,(H3,23,25,27,30,31). The van der Waals surface area contributed by atoms with Crippen LogP contribution in [0.25, 0.3) is 11.1 Å². The highest BCUT2D eigenvalue weighted by Crippen LogP contribution is 2.32. The molecule has 2 aromatic heterocycles. The topological polar surface area (TPSA) is 157 Å². The first-order valence-electron chi connectivity index (χ1n) is 9.35. The van der Waals surface area contributed by atoms with Crippen LogP contribution in [0.2, 0.25) is 0 Å². The number of halogens is 1. The molecule has 2 heterocycles. The minimum atomic E-state index is -3.81. The predicted octanol–water partition coefficient (Wildman–Crippen LogP) is 2.79. The number of carbonyl (C=O) groups excluding carboxylic acids is 1. The van der Waals surface area contributed by atoms with Crippen LogP contribution in [0.1, 0.15) is 18.2 Å². The van der Waals surface area contributed by atoms with E-state index in [0.29, 0.717) is 11.1 Å². The number of aliphatic hydroxyl groups excluding tert-OH is 1. The highest BCUT2D eigenvalue weighted by molar-refractivity contribution is 7.91. The number of aliphatic hydroxyl groups is 1. The van der Waals surface area contributed by atoms with Gasteiger partial charge in [0.05, 0.1) is 18.3 Å². The van der Waals surface area contributed by atoms with E-state index in [4.69, 9.17) is 10.0 Å². The second-order valence-corrected chi connectivity index (χ2v) is 8.76. The summed E-state index contributed by atoms with van der Waals surface area (Å²) < 4.78 is 38.2. The van der Waals surface area contributed by atoms with Crippen LogP contribution in [0.4, 0.5) is 14.9 Å². The molecular weight excluding hydrogens is 437 g/mol. The quantitative estimate of drug-likeness (QED) is 0.446. The molecule has 0 spiro atoms. The molecule has 32 heavy (non-hydrogen) atoms. The van der Waals surface area contributed by atoms with Crippen molar-refractivity contribution in [3.63, 3.8) is 0 Å². The molecule has 0 radical (unpaired) electrons. The van der Waals surface area contributed by atoms with Crippen LogP contribution in [0.15, 0.2) is 47.8 Å². The molecule has 0 aliphatic heterocycles. The lowest BCUT2D eigenvalue weighted by Gasteiger charge is -2.16. The van der Waals surface area contributed by atoms with Crippen molar-refractivity contribution in [3.05, 3.63) is 59.8 Å². The SMILES string of the molecule is Cc1cc(F)cc(-c2ccnc(C#N)c2)c1NC(=O)NS(=N)(=O)c1ccn(CC(C)O)n1. The number of carbonyl (C=O) groups is 1. The molecule has 0 aliphatic rings. The third kappa shape index (κ3) is 5.26. The summed E-state index contributed by atoms with van der Waals surface area (Å²) in [6.07, 6.45) is 2.13. The molecule has 2 amide bonds. The maximum absolute atomic E-state index is 14.1. The van der Waals surface area contributed by atoms with Crippen LogP contribution in [0, 0.1) is 28.9 Å². The Hall–Kier alpha value is -3.82. The number of aryl methyl sites for hydroxylation is 1. The number of urea groups is 1. The number of nitrogens with one attached hydrogen (secondary N) is 3. The van der Waals surface area contributed by atoms with Gasteiger partial charge < -0.3 is 10.4 Å². The second-order valence-electron chi connectivity index (χ2n) is 7.02. The van der Waals surface area contributed by atoms with Gasteiger partial charge in [0, 0.05) is 18.0 Å². The molecule has 3 rings (SSSR count). The van der Waals surface area contributed by atoms with Gasteiger partial charge in [-0.2, -0.15) is 10.4 Å². The van der Waals surface area contributed by atoms with E-state index in [0.717, 1.165) is 0 Å². The number of anilines is 1. The van der Waals surface area contributed by atoms with Crippen molar-refractivity contribution in [2.45, 2.75) is 31.5 Å². The van der Waals surface area contributed by atoms with E-state index < -0.39 is 27.9 Å². The number of pyridine rings is 1. The Bertz CT molecular complexity index is 1310. The van der Waals surface area contributed by atoms with E-state index >= 15 is 0 Å². The number of hydrogen-bond acceptors (Lipinski definition) is 7. The summed E-state index contributed by atoms with van der Waals surface area (Å²) in [6, 6.07) is 7.65. The summed E-state index contributed by atoms with van der Waals surface area (Å²) in [5.74, 6) is -0.549. The van der Waals surface area contributed by atoms with Crippen LogP contribution in [0.3, 0.4) is 0 Å². The largest absolute Gasteiger partial charge is 0.391 e. The van der Waals surface area contributed by atoms with Gasteiger partial charge in [-0.3, -0.25) is 4.68 Å². The zero-order chi connectivity index (χ0) is 23.5. The molecule has 2 atom stereocenters. The van der Waals surface area contributed by atoms with Crippen molar-refractivity contribution in [2.24, 2.45) is 0 Å². The van der Waals surface area contributed by atoms with Crippen molar-refractivity contribution in [2.75, 3.05) is 5.32 Å². The average molecular weight is 457 g/mol. The highest BCUT2D eigenvalue weighted by Gasteiger charge is 2.20. The first-order chi connectivity index (χ1) is 15.1. The Balaban J connectivity index is 1.88. The van der Waals surface area contributed by atoms with E-state index in [9.17, 15) is 18.5 Å². The highest BCUT2D eigenvalue weighted by atomic mass is 32.2. The number of nitrogens with zero attached hydrogens (tertiary/aromatic N) is 4. The molecule has 166 valence electrons. The molecule has 3 aromatic rings. The van der Waals surface area contributed by atoms with Gasteiger partial charge in [0.2, 0.25) is 0 Å². The monoisotopic (exact) mass is 457 g/mol. The molecule has 4 N–H and O–H groups in total. The normalized spacial score (nSPS) is 13.6. The van der Waals surface area contributed by atoms with Crippen LogP contribution in [0.5, 0.6) is 0 Å². The number of rotatable bonds is 6. The summed E-state index contributed by atoms with van der Waals surface area (Å²) >= 11 is 0. The number of hydrogen-bond donors (Lipinski definition) is 4. The second kappa shape index (κ2) is 9.13. The van der Waals surface area contributed by atoms with Crippen LogP contribution in [-0.2, 0) is 16.5 Å². The van der Waals surface area contributed by atoms with E-state index in [1.54, 1.807) is 19.9 Å². The third-order valence-electron chi connectivity index (χ3n) is 4.32. The summed E-state index contributed by atoms with van der Waals surface area (Å²) in [5.41, 5.74) is 1.44. The van der Waals surface area contributed by atoms with Crippen molar-refractivity contribution in [1.82, 2.24) is 19.5 Å². The van der Waals surface area contributed by atoms with Crippen LogP contribution >= 0.6 is 0 Å². The van der Waals surface area contributed by atoms with Gasteiger partial charge in [-0.1, -0.05) is 0 Å². The number of amides is 2. The van der Waals surface area contributed by atoms with Crippen molar-refractivity contribution in [3.8, 4) is 17.2 Å². The summed E-state index contributed by atoms with van der Waals surface area (Å²) in [4.78, 5) is 16.5. The lowest BCUT2D eigenvalue weighted by Crippen LogP contribution is -2.34. The van der Waals surface area contributed by atoms with E-state index in [1.807, 2.05) is 6.07 Å². The lowest BCUT2D eigenvalue weighted by atomic mass is 10.0. The minimum absolute atomic E-state index is 0.113. The molecule has 10 nitrogen and oxygen atoms in total. The lowest BCUT2D eigenvalue weighted by molar-refractivity contribution is 0.168. The fourth-order valence-electron chi connectivity index (χ4n) is 2.99. The van der Waals surface area contributed by atoms with Gasteiger partial charge in [0.15, 0.2) is 14.9 Å². The number of benzene rings is 1. The maximum Gasteiger partial charge on any atom is 0.332 e. The first kappa shape index (κ1) is 22.9.